The molecule has 2 amide bonds. The van der Waals surface area contributed by atoms with Gasteiger partial charge in [0.05, 0.1) is 17.6 Å². The number of pyridine rings is 1. The molecule has 0 bridgehead atoms. The summed E-state index contributed by atoms with van der Waals surface area (Å²) in [6.07, 6.45) is 4.54. The summed E-state index contributed by atoms with van der Waals surface area (Å²) >= 11 is 1.22. The van der Waals surface area contributed by atoms with Gasteiger partial charge in [-0.25, -0.2) is 0 Å². The molecule has 9 nitrogen and oxygen atoms in total. The van der Waals surface area contributed by atoms with Crippen LogP contribution in [-0.2, 0) is 11.3 Å². The molecule has 134 valence electrons. The minimum absolute atomic E-state index is 0.0730. The average Bonchev–Trinajstić information content (AvgIpc) is 3.34. The van der Waals surface area contributed by atoms with Crippen LogP contribution in [0.1, 0.15) is 17.3 Å². The maximum atomic E-state index is 11.9. The van der Waals surface area contributed by atoms with E-state index in [0.29, 0.717) is 28.8 Å². The predicted molar refractivity (Wildman–Crippen MR) is 94.0 cm³/mol. The van der Waals surface area contributed by atoms with E-state index in [1.54, 1.807) is 36.7 Å². The molecule has 10 heteroatoms. The van der Waals surface area contributed by atoms with E-state index in [0.717, 1.165) is 0 Å². The van der Waals surface area contributed by atoms with Gasteiger partial charge >= 0.3 is 0 Å². The summed E-state index contributed by atoms with van der Waals surface area (Å²) in [4.78, 5) is 27.6. The number of hydrogen-bond acceptors (Lipinski definition) is 7. The van der Waals surface area contributed by atoms with Gasteiger partial charge in [0, 0.05) is 18.9 Å². The minimum Gasteiger partial charge on any atom is -0.461 e. The smallest absolute Gasteiger partial charge is 0.271 e. The Hall–Kier alpha value is -3.14. The Morgan fingerprint density at radius 1 is 1.23 bits per heavy atom. The molecule has 26 heavy (non-hydrogen) atoms. The zero-order valence-electron chi connectivity index (χ0n) is 13.9. The molecular formula is C16H16N6O3S. The van der Waals surface area contributed by atoms with Gasteiger partial charge in [-0.05, 0) is 31.2 Å². The third-order valence-corrected chi connectivity index (χ3v) is 4.31. The first-order valence-corrected chi connectivity index (χ1v) is 8.76. The molecule has 0 saturated heterocycles. The largest absolute Gasteiger partial charge is 0.461 e. The molecule has 2 N–H and O–H groups in total. The molecule has 0 aliphatic rings. The Bertz CT molecular complexity index is 879. The van der Waals surface area contributed by atoms with Gasteiger partial charge in [0.15, 0.2) is 16.7 Å². The highest BCUT2D eigenvalue weighted by Gasteiger charge is 2.16. The Labute approximate surface area is 153 Å². The first-order valence-electron chi connectivity index (χ1n) is 7.78. The summed E-state index contributed by atoms with van der Waals surface area (Å²) in [5.41, 5.74) is 5.06. The van der Waals surface area contributed by atoms with Gasteiger partial charge < -0.3 is 4.42 Å². The van der Waals surface area contributed by atoms with E-state index in [-0.39, 0.29) is 11.7 Å². The number of nitrogens with zero attached hydrogens (tertiary/aromatic N) is 4. The molecule has 3 aromatic heterocycles. The van der Waals surface area contributed by atoms with Gasteiger partial charge in [0.25, 0.3) is 5.91 Å². The summed E-state index contributed by atoms with van der Waals surface area (Å²) in [6.45, 7) is 2.58. The number of carbonyl (C=O) groups is 2. The summed E-state index contributed by atoms with van der Waals surface area (Å²) in [5, 5.41) is 8.80. The van der Waals surface area contributed by atoms with Crippen molar-refractivity contribution in [3.8, 4) is 11.6 Å². The maximum absolute atomic E-state index is 11.9. The summed E-state index contributed by atoms with van der Waals surface area (Å²) in [6, 6.07) is 6.81. The topological polar surface area (TPSA) is 115 Å². The quantitative estimate of drug-likeness (QED) is 0.498. The van der Waals surface area contributed by atoms with E-state index in [1.165, 1.54) is 18.0 Å². The minimum atomic E-state index is -0.437. The van der Waals surface area contributed by atoms with Crippen molar-refractivity contribution < 1.29 is 14.0 Å². The fraction of sp³-hybridized carbons (Fsp3) is 0.188. The van der Waals surface area contributed by atoms with Crippen molar-refractivity contribution in [3.63, 3.8) is 0 Å². The van der Waals surface area contributed by atoms with Crippen molar-refractivity contribution in [1.82, 2.24) is 30.6 Å². The monoisotopic (exact) mass is 372 g/mol. The lowest BCUT2D eigenvalue weighted by Gasteiger charge is -2.08. The summed E-state index contributed by atoms with van der Waals surface area (Å²) in [5.74, 6) is 0.485. The van der Waals surface area contributed by atoms with Crippen LogP contribution >= 0.6 is 11.8 Å². The fourth-order valence-electron chi connectivity index (χ4n) is 2.13. The molecule has 3 heterocycles. The summed E-state index contributed by atoms with van der Waals surface area (Å²) < 4.78 is 7.20. The predicted octanol–water partition coefficient (Wildman–Crippen LogP) is 1.51. The molecule has 0 spiro atoms. The molecule has 0 aliphatic carbocycles. The van der Waals surface area contributed by atoms with Crippen molar-refractivity contribution in [3.05, 3.63) is 48.5 Å². The number of nitrogens with one attached hydrogen (secondary N) is 2. The molecule has 0 saturated carbocycles. The number of furan rings is 1. The van der Waals surface area contributed by atoms with Crippen LogP contribution in [0.15, 0.2) is 52.5 Å². The van der Waals surface area contributed by atoms with Crippen LogP contribution < -0.4 is 10.9 Å². The van der Waals surface area contributed by atoms with E-state index in [1.807, 2.05) is 11.5 Å². The number of thioether (sulfide) groups is 1. The van der Waals surface area contributed by atoms with Gasteiger partial charge in [-0.3, -0.25) is 30.0 Å². The lowest BCUT2D eigenvalue weighted by atomic mass is 10.3. The van der Waals surface area contributed by atoms with Gasteiger partial charge in [-0.15, -0.1) is 10.2 Å². The second-order valence-corrected chi connectivity index (χ2v) is 6.00. The molecular weight excluding hydrogens is 356 g/mol. The third kappa shape index (κ3) is 4.09. The maximum Gasteiger partial charge on any atom is 0.271 e. The van der Waals surface area contributed by atoms with Crippen LogP contribution in [0.25, 0.3) is 11.6 Å². The number of hydrazine groups is 1. The van der Waals surface area contributed by atoms with Crippen molar-refractivity contribution in [2.24, 2.45) is 0 Å². The Kier molecular flexibility index (Phi) is 5.64. The van der Waals surface area contributed by atoms with Crippen LogP contribution in [0, 0.1) is 0 Å². The zero-order valence-corrected chi connectivity index (χ0v) is 14.7. The lowest BCUT2D eigenvalue weighted by Crippen LogP contribution is -2.42. The summed E-state index contributed by atoms with van der Waals surface area (Å²) in [7, 11) is 0. The van der Waals surface area contributed by atoms with Crippen LogP contribution in [0.3, 0.4) is 0 Å². The fourth-order valence-corrected chi connectivity index (χ4v) is 2.93. The highest BCUT2D eigenvalue weighted by Crippen LogP contribution is 2.23. The molecule has 0 unspecified atom stereocenters. The molecule has 0 aromatic carbocycles. The molecule has 3 aromatic rings. The normalized spacial score (nSPS) is 10.5. The van der Waals surface area contributed by atoms with E-state index >= 15 is 0 Å². The van der Waals surface area contributed by atoms with E-state index in [2.05, 4.69) is 26.0 Å². The Balaban J connectivity index is 1.54. The lowest BCUT2D eigenvalue weighted by molar-refractivity contribution is -0.119. The Morgan fingerprint density at radius 2 is 2.12 bits per heavy atom. The molecule has 0 atom stereocenters. The molecule has 3 rings (SSSR count). The second-order valence-electron chi connectivity index (χ2n) is 5.06. The van der Waals surface area contributed by atoms with Crippen molar-refractivity contribution in [1.29, 1.82) is 0 Å². The standard InChI is InChI=1S/C16H16N6O3S/c1-2-22-14(12-6-4-8-25-12)19-21-16(22)26-10-13(23)18-20-15(24)11-5-3-7-17-9-11/h3-9H,2,10H2,1H3,(H,18,23)(H,20,24). The first kappa shape index (κ1) is 17.7. The van der Waals surface area contributed by atoms with Gasteiger partial charge in [0.1, 0.15) is 0 Å². The molecule has 0 fully saturated rings. The average molecular weight is 372 g/mol. The van der Waals surface area contributed by atoms with E-state index in [9.17, 15) is 9.59 Å². The van der Waals surface area contributed by atoms with Crippen LogP contribution in [0.5, 0.6) is 0 Å². The number of aromatic nitrogens is 4. The van der Waals surface area contributed by atoms with E-state index < -0.39 is 5.91 Å². The number of hydrogen-bond donors (Lipinski definition) is 2. The Morgan fingerprint density at radius 3 is 2.81 bits per heavy atom. The van der Waals surface area contributed by atoms with Gasteiger partial charge in [-0.1, -0.05) is 11.8 Å². The zero-order chi connectivity index (χ0) is 18.4. The van der Waals surface area contributed by atoms with Crippen LogP contribution in [0.2, 0.25) is 0 Å². The highest BCUT2D eigenvalue weighted by atomic mass is 32.2. The van der Waals surface area contributed by atoms with Crippen LogP contribution in [0.4, 0.5) is 0 Å². The first-order chi connectivity index (χ1) is 12.7. The SMILES string of the molecule is CCn1c(SCC(=O)NNC(=O)c2cccnc2)nnc1-c1ccco1. The van der Waals surface area contributed by atoms with E-state index in [4.69, 9.17) is 4.42 Å². The highest BCUT2D eigenvalue weighted by molar-refractivity contribution is 7.99. The number of rotatable bonds is 6. The molecule has 0 radical (unpaired) electrons. The second kappa shape index (κ2) is 8.30. The number of carbonyl (C=O) groups excluding carboxylic acids is 2. The van der Waals surface area contributed by atoms with Crippen molar-refractivity contribution in [2.45, 2.75) is 18.6 Å². The molecule has 0 aliphatic heterocycles. The van der Waals surface area contributed by atoms with Crippen molar-refractivity contribution >= 4 is 23.6 Å². The van der Waals surface area contributed by atoms with Gasteiger partial charge in [0.2, 0.25) is 5.91 Å². The van der Waals surface area contributed by atoms with Crippen molar-refractivity contribution in [2.75, 3.05) is 5.75 Å². The van der Waals surface area contributed by atoms with Gasteiger partial charge in [-0.2, -0.15) is 0 Å². The van der Waals surface area contributed by atoms with Crippen LogP contribution in [-0.4, -0.2) is 37.3 Å². The number of amides is 2. The third-order valence-electron chi connectivity index (χ3n) is 3.35.